The number of hydrogen-bond donors (Lipinski definition) is 2. The number of aromatic nitrogens is 3. The summed E-state index contributed by atoms with van der Waals surface area (Å²) in [6.07, 6.45) is 1.61. The minimum absolute atomic E-state index is 0.177. The van der Waals surface area contributed by atoms with Gasteiger partial charge in [0.15, 0.2) is 0 Å². The molecule has 0 atom stereocenters. The second-order valence-electron chi connectivity index (χ2n) is 5.30. The summed E-state index contributed by atoms with van der Waals surface area (Å²) in [5, 5.41) is 8.94. The Bertz CT molecular complexity index is 1020. The molecule has 0 saturated carbocycles. The van der Waals surface area contributed by atoms with Gasteiger partial charge in [0.05, 0.1) is 28.6 Å². The maximum Gasteiger partial charge on any atom is 0.220 e. The molecule has 0 unspecified atom stereocenters. The van der Waals surface area contributed by atoms with Crippen LogP contribution < -0.4 is 11.5 Å². The monoisotopic (exact) mass is 326 g/mol. The molecule has 6 heteroatoms. The highest BCUT2D eigenvalue weighted by Gasteiger charge is 2.11. The molecule has 25 heavy (non-hydrogen) atoms. The van der Waals surface area contributed by atoms with Crippen LogP contribution in [0.2, 0.25) is 0 Å². The molecule has 3 rings (SSSR count). The lowest BCUT2D eigenvalue weighted by Gasteiger charge is -2.08. The Labute approximate surface area is 145 Å². The van der Waals surface area contributed by atoms with Crippen molar-refractivity contribution in [3.63, 3.8) is 0 Å². The lowest BCUT2D eigenvalue weighted by Crippen LogP contribution is -2.03. The third kappa shape index (κ3) is 3.54. The smallest absolute Gasteiger partial charge is 0.220 e. The van der Waals surface area contributed by atoms with Gasteiger partial charge in [0, 0.05) is 17.3 Å². The number of pyridine rings is 1. The minimum atomic E-state index is 0.177. The number of aryl methyl sites for hydroxylation is 1. The number of hydrogen-bond acceptors (Lipinski definition) is 6. The molecular weight excluding hydrogens is 312 g/mol. The third-order valence-corrected chi connectivity index (χ3v) is 3.51. The number of nitriles is 1. The van der Waals surface area contributed by atoms with Crippen molar-refractivity contribution in [1.29, 1.82) is 5.26 Å². The van der Waals surface area contributed by atoms with E-state index in [9.17, 15) is 0 Å². The van der Waals surface area contributed by atoms with Gasteiger partial charge in [-0.25, -0.2) is 15.0 Å². The van der Waals surface area contributed by atoms with E-state index < -0.39 is 0 Å². The molecule has 2 heterocycles. The molecule has 0 fully saturated rings. The highest BCUT2D eigenvalue weighted by atomic mass is 15.0. The Hall–Kier alpha value is -3.90. The van der Waals surface area contributed by atoms with Gasteiger partial charge < -0.3 is 11.5 Å². The van der Waals surface area contributed by atoms with Crippen molar-refractivity contribution in [3.8, 4) is 29.2 Å². The zero-order chi connectivity index (χ0) is 17.8. The molecule has 0 aliphatic rings. The second kappa shape index (κ2) is 6.69. The summed E-state index contributed by atoms with van der Waals surface area (Å²) in [5.41, 5.74) is 15.5. The van der Waals surface area contributed by atoms with Crippen LogP contribution >= 0.6 is 0 Å². The maximum absolute atomic E-state index is 8.94. The molecule has 0 saturated heterocycles. The fourth-order valence-corrected chi connectivity index (χ4v) is 2.27. The SMILES string of the molecule is Cc1nc(N)nc(-c2ccc(C#N)cc2)c1C#Cc1ccc(N)nc1. The molecule has 0 spiro atoms. The van der Waals surface area contributed by atoms with Crippen molar-refractivity contribution in [2.75, 3.05) is 11.5 Å². The zero-order valence-corrected chi connectivity index (χ0v) is 13.5. The largest absolute Gasteiger partial charge is 0.384 e. The van der Waals surface area contributed by atoms with Crippen LogP contribution in [0.3, 0.4) is 0 Å². The van der Waals surface area contributed by atoms with E-state index in [-0.39, 0.29) is 5.95 Å². The van der Waals surface area contributed by atoms with Crippen LogP contribution in [0.15, 0.2) is 42.6 Å². The van der Waals surface area contributed by atoms with Gasteiger partial charge in [-0.15, -0.1) is 0 Å². The van der Waals surface area contributed by atoms with Crippen LogP contribution in [0.5, 0.6) is 0 Å². The first-order valence-corrected chi connectivity index (χ1v) is 7.45. The Kier molecular flexibility index (Phi) is 4.28. The number of anilines is 2. The summed E-state index contributed by atoms with van der Waals surface area (Å²) < 4.78 is 0. The van der Waals surface area contributed by atoms with Crippen LogP contribution in [0.4, 0.5) is 11.8 Å². The van der Waals surface area contributed by atoms with Crippen molar-refractivity contribution in [2.24, 2.45) is 0 Å². The molecule has 1 aromatic carbocycles. The van der Waals surface area contributed by atoms with E-state index in [1.165, 1.54) is 0 Å². The Morgan fingerprint density at radius 2 is 1.64 bits per heavy atom. The number of nitrogens with two attached hydrogens (primary N) is 2. The van der Waals surface area contributed by atoms with Gasteiger partial charge in [0.1, 0.15) is 5.82 Å². The Morgan fingerprint density at radius 3 is 2.28 bits per heavy atom. The highest BCUT2D eigenvalue weighted by molar-refractivity contribution is 5.70. The van der Waals surface area contributed by atoms with Crippen LogP contribution in [0.25, 0.3) is 11.3 Å². The number of nitrogen functional groups attached to an aromatic ring is 2. The summed E-state index contributed by atoms with van der Waals surface area (Å²) in [7, 11) is 0. The van der Waals surface area contributed by atoms with E-state index in [2.05, 4.69) is 32.9 Å². The fraction of sp³-hybridized carbons (Fsp3) is 0.0526. The summed E-state index contributed by atoms with van der Waals surface area (Å²) in [5.74, 6) is 6.75. The summed E-state index contributed by atoms with van der Waals surface area (Å²) in [6, 6.07) is 12.7. The molecule has 120 valence electrons. The van der Waals surface area contributed by atoms with Gasteiger partial charge >= 0.3 is 0 Å². The van der Waals surface area contributed by atoms with Crippen molar-refractivity contribution in [1.82, 2.24) is 15.0 Å². The van der Waals surface area contributed by atoms with Crippen molar-refractivity contribution >= 4 is 11.8 Å². The number of benzene rings is 1. The topological polar surface area (TPSA) is 114 Å². The van der Waals surface area contributed by atoms with Crippen LogP contribution in [-0.2, 0) is 0 Å². The molecular formula is C19H14N6. The second-order valence-corrected chi connectivity index (χ2v) is 5.30. The summed E-state index contributed by atoms with van der Waals surface area (Å²) in [4.78, 5) is 12.5. The first-order valence-electron chi connectivity index (χ1n) is 7.45. The predicted molar refractivity (Wildman–Crippen MR) is 96.0 cm³/mol. The van der Waals surface area contributed by atoms with E-state index in [1.807, 2.05) is 19.1 Å². The maximum atomic E-state index is 8.94. The van der Waals surface area contributed by atoms with Gasteiger partial charge in [-0.05, 0) is 31.2 Å². The van der Waals surface area contributed by atoms with Crippen molar-refractivity contribution < 1.29 is 0 Å². The van der Waals surface area contributed by atoms with Gasteiger partial charge in [-0.2, -0.15) is 5.26 Å². The van der Waals surface area contributed by atoms with Gasteiger partial charge in [-0.1, -0.05) is 24.0 Å². The van der Waals surface area contributed by atoms with Crippen LogP contribution in [0.1, 0.15) is 22.4 Å². The predicted octanol–water partition coefficient (Wildman–Crippen LogP) is 2.28. The fourth-order valence-electron chi connectivity index (χ4n) is 2.27. The Morgan fingerprint density at radius 1 is 0.920 bits per heavy atom. The summed E-state index contributed by atoms with van der Waals surface area (Å²) in [6.45, 7) is 1.83. The van der Waals surface area contributed by atoms with E-state index >= 15 is 0 Å². The summed E-state index contributed by atoms with van der Waals surface area (Å²) >= 11 is 0. The normalized spacial score (nSPS) is 9.76. The molecule has 0 aliphatic carbocycles. The molecule has 3 aromatic rings. The molecule has 4 N–H and O–H groups in total. The van der Waals surface area contributed by atoms with Gasteiger partial charge in [0.2, 0.25) is 5.95 Å². The average Bonchev–Trinajstić information content (AvgIpc) is 2.62. The van der Waals surface area contributed by atoms with Gasteiger partial charge in [-0.3, -0.25) is 0 Å². The quantitative estimate of drug-likeness (QED) is 0.663. The lowest BCUT2D eigenvalue weighted by molar-refractivity contribution is 1.11. The minimum Gasteiger partial charge on any atom is -0.384 e. The first-order chi connectivity index (χ1) is 12.1. The molecule has 6 nitrogen and oxygen atoms in total. The zero-order valence-electron chi connectivity index (χ0n) is 13.5. The van der Waals surface area contributed by atoms with E-state index in [0.29, 0.717) is 28.3 Å². The average molecular weight is 326 g/mol. The third-order valence-electron chi connectivity index (χ3n) is 3.51. The van der Waals surface area contributed by atoms with Crippen molar-refractivity contribution in [3.05, 3.63) is 65.0 Å². The molecule has 0 amide bonds. The lowest BCUT2D eigenvalue weighted by atomic mass is 10.0. The molecule has 0 radical (unpaired) electrons. The van der Waals surface area contributed by atoms with E-state index in [4.69, 9.17) is 16.7 Å². The van der Waals surface area contributed by atoms with Gasteiger partial charge in [0.25, 0.3) is 0 Å². The van der Waals surface area contributed by atoms with E-state index in [1.54, 1.807) is 30.5 Å². The molecule has 0 aliphatic heterocycles. The highest BCUT2D eigenvalue weighted by Crippen LogP contribution is 2.24. The number of rotatable bonds is 1. The Balaban J connectivity index is 2.10. The van der Waals surface area contributed by atoms with Crippen LogP contribution in [-0.4, -0.2) is 15.0 Å². The molecule has 0 bridgehead atoms. The van der Waals surface area contributed by atoms with Crippen molar-refractivity contribution in [2.45, 2.75) is 6.92 Å². The first kappa shape index (κ1) is 16.0. The molecule has 2 aromatic heterocycles. The van der Waals surface area contributed by atoms with Crippen LogP contribution in [0, 0.1) is 30.1 Å². The van der Waals surface area contributed by atoms with E-state index in [0.717, 1.165) is 11.1 Å². The number of nitrogens with zero attached hydrogens (tertiary/aromatic N) is 4. The standard InChI is InChI=1S/C19H14N6/c1-12-16(8-4-14-5-9-17(21)23-11-14)18(25-19(22)24-12)15-6-2-13(10-20)3-7-15/h2-3,5-7,9,11H,1H3,(H2,21,23)(H2,22,24,25).